The Labute approximate surface area is 129 Å². The third-order valence-electron chi connectivity index (χ3n) is 2.55. The highest BCUT2D eigenvalue weighted by Crippen LogP contribution is 2.18. The molecule has 1 amide bonds. The number of carbonyl (C=O) groups is 1. The molecule has 0 atom stereocenters. The fourth-order valence-corrected chi connectivity index (χ4v) is 2.85. The van der Waals surface area contributed by atoms with Gasteiger partial charge in [0, 0.05) is 19.0 Å². The molecule has 0 saturated carbocycles. The molecular formula is C13H19ClN2O4S. The van der Waals surface area contributed by atoms with Crippen LogP contribution in [0, 0.1) is 0 Å². The Morgan fingerprint density at radius 3 is 2.76 bits per heavy atom. The quantitative estimate of drug-likeness (QED) is 0.530. The number of hydrogen-bond acceptors (Lipinski definition) is 4. The molecule has 0 aliphatic carbocycles. The Morgan fingerprint density at radius 2 is 2.10 bits per heavy atom. The number of anilines is 1. The van der Waals surface area contributed by atoms with Crippen LogP contribution in [-0.4, -0.2) is 39.6 Å². The predicted octanol–water partition coefficient (Wildman–Crippen LogP) is 1.57. The van der Waals surface area contributed by atoms with Crippen LogP contribution in [0.2, 0.25) is 0 Å². The minimum atomic E-state index is -3.40. The number of benzene rings is 1. The third kappa shape index (κ3) is 7.19. The number of likely N-dealkylation sites (N-methyl/N-ethyl adjacent to an activating group) is 1. The summed E-state index contributed by atoms with van der Waals surface area (Å²) in [4.78, 5) is 11.1. The van der Waals surface area contributed by atoms with Crippen molar-refractivity contribution in [3.8, 4) is 5.75 Å². The maximum absolute atomic E-state index is 11.8. The van der Waals surface area contributed by atoms with Crippen LogP contribution in [0.1, 0.15) is 12.8 Å². The van der Waals surface area contributed by atoms with E-state index in [0.29, 0.717) is 30.2 Å². The molecule has 0 unspecified atom stereocenters. The van der Waals surface area contributed by atoms with E-state index in [1.165, 1.54) is 13.1 Å². The van der Waals surface area contributed by atoms with Gasteiger partial charge in [-0.15, -0.1) is 11.6 Å². The summed E-state index contributed by atoms with van der Waals surface area (Å²) in [7, 11) is -1.89. The molecule has 0 spiro atoms. The highest BCUT2D eigenvalue weighted by molar-refractivity contribution is 7.92. The van der Waals surface area contributed by atoms with E-state index >= 15 is 0 Å². The summed E-state index contributed by atoms with van der Waals surface area (Å²) >= 11 is 5.52. The Morgan fingerprint density at radius 1 is 1.33 bits per heavy atom. The number of rotatable bonds is 9. The van der Waals surface area contributed by atoms with Crippen LogP contribution in [0.3, 0.4) is 0 Å². The van der Waals surface area contributed by atoms with Crippen LogP contribution in [0.15, 0.2) is 24.3 Å². The van der Waals surface area contributed by atoms with Crippen LogP contribution in [0.4, 0.5) is 5.69 Å². The summed E-state index contributed by atoms with van der Waals surface area (Å²) in [6.45, 7) is -0.123. The summed E-state index contributed by atoms with van der Waals surface area (Å²) in [5.74, 6) is 0.614. The van der Waals surface area contributed by atoms with E-state index in [-0.39, 0.29) is 18.3 Å². The SMILES string of the molecule is CNC(=O)COc1cccc(NS(=O)(=O)CCCCCl)c1. The molecule has 6 nitrogen and oxygen atoms in total. The minimum Gasteiger partial charge on any atom is -0.484 e. The molecule has 0 bridgehead atoms. The lowest BCUT2D eigenvalue weighted by atomic mass is 10.3. The average Bonchev–Trinajstić information content (AvgIpc) is 2.44. The standard InChI is InChI=1S/C13H19ClN2O4S/c1-15-13(17)10-20-12-6-4-5-11(9-12)16-21(18,19)8-3-2-7-14/h4-6,9,16H,2-3,7-8,10H2,1H3,(H,15,17). The summed E-state index contributed by atoms with van der Waals surface area (Å²) in [5.41, 5.74) is 0.398. The first-order valence-electron chi connectivity index (χ1n) is 6.47. The predicted molar refractivity (Wildman–Crippen MR) is 83.4 cm³/mol. The zero-order valence-corrected chi connectivity index (χ0v) is 13.3. The lowest BCUT2D eigenvalue weighted by Crippen LogP contribution is -2.24. The van der Waals surface area contributed by atoms with E-state index in [2.05, 4.69) is 10.0 Å². The molecule has 118 valence electrons. The van der Waals surface area contributed by atoms with E-state index in [1.807, 2.05) is 0 Å². The van der Waals surface area contributed by atoms with E-state index in [9.17, 15) is 13.2 Å². The monoisotopic (exact) mass is 334 g/mol. The van der Waals surface area contributed by atoms with Crippen molar-refractivity contribution in [1.29, 1.82) is 0 Å². The fraction of sp³-hybridized carbons (Fsp3) is 0.462. The number of carbonyl (C=O) groups excluding carboxylic acids is 1. The number of halogens is 1. The molecule has 8 heteroatoms. The molecule has 0 heterocycles. The van der Waals surface area contributed by atoms with Crippen LogP contribution >= 0.6 is 11.6 Å². The number of sulfonamides is 1. The smallest absolute Gasteiger partial charge is 0.257 e. The number of nitrogens with one attached hydrogen (secondary N) is 2. The second-order valence-corrected chi connectivity index (χ2v) is 6.53. The highest BCUT2D eigenvalue weighted by atomic mass is 35.5. The van der Waals surface area contributed by atoms with Gasteiger partial charge in [-0.05, 0) is 25.0 Å². The van der Waals surface area contributed by atoms with Crippen LogP contribution in [-0.2, 0) is 14.8 Å². The minimum absolute atomic E-state index is 0.0169. The first kappa shape index (κ1) is 17.6. The average molecular weight is 335 g/mol. The molecule has 0 radical (unpaired) electrons. The number of unbranched alkanes of at least 4 members (excludes halogenated alkanes) is 1. The molecule has 1 aromatic carbocycles. The van der Waals surface area contributed by atoms with Gasteiger partial charge < -0.3 is 10.1 Å². The Kier molecular flexibility index (Phi) is 7.31. The van der Waals surface area contributed by atoms with Crippen LogP contribution in [0.5, 0.6) is 5.75 Å². The molecule has 21 heavy (non-hydrogen) atoms. The van der Waals surface area contributed by atoms with Gasteiger partial charge in [0.2, 0.25) is 10.0 Å². The molecule has 2 N–H and O–H groups in total. The van der Waals surface area contributed by atoms with Gasteiger partial charge >= 0.3 is 0 Å². The first-order valence-corrected chi connectivity index (χ1v) is 8.65. The molecule has 0 aliphatic heterocycles. The van der Waals surface area contributed by atoms with Gasteiger partial charge in [0.05, 0.1) is 11.4 Å². The lowest BCUT2D eigenvalue weighted by molar-refractivity contribution is -0.122. The van der Waals surface area contributed by atoms with Crippen molar-refractivity contribution in [1.82, 2.24) is 5.32 Å². The maximum Gasteiger partial charge on any atom is 0.257 e. The number of hydrogen-bond donors (Lipinski definition) is 2. The number of ether oxygens (including phenoxy) is 1. The highest BCUT2D eigenvalue weighted by Gasteiger charge is 2.10. The molecular weight excluding hydrogens is 316 g/mol. The molecule has 1 rings (SSSR count). The van der Waals surface area contributed by atoms with Crippen molar-refractivity contribution in [2.75, 3.05) is 30.0 Å². The van der Waals surface area contributed by atoms with Gasteiger partial charge in [0.15, 0.2) is 6.61 Å². The summed E-state index contributed by atoms with van der Waals surface area (Å²) < 4.78 is 31.4. The first-order chi connectivity index (χ1) is 9.96. The largest absolute Gasteiger partial charge is 0.484 e. The summed E-state index contributed by atoms with van der Waals surface area (Å²) in [6, 6.07) is 6.44. The van der Waals surface area contributed by atoms with E-state index in [0.717, 1.165) is 0 Å². The van der Waals surface area contributed by atoms with Crippen molar-refractivity contribution in [3.63, 3.8) is 0 Å². The van der Waals surface area contributed by atoms with Crippen LogP contribution < -0.4 is 14.8 Å². The van der Waals surface area contributed by atoms with E-state index in [4.69, 9.17) is 16.3 Å². The number of amides is 1. The van der Waals surface area contributed by atoms with Gasteiger partial charge in [0.1, 0.15) is 5.75 Å². The second-order valence-electron chi connectivity index (χ2n) is 4.31. The number of alkyl halides is 1. The zero-order valence-electron chi connectivity index (χ0n) is 11.8. The van der Waals surface area contributed by atoms with E-state index < -0.39 is 10.0 Å². The maximum atomic E-state index is 11.8. The van der Waals surface area contributed by atoms with Crippen LogP contribution in [0.25, 0.3) is 0 Å². The fourth-order valence-electron chi connectivity index (χ4n) is 1.49. The lowest BCUT2D eigenvalue weighted by Gasteiger charge is -2.10. The molecule has 0 fully saturated rings. The molecule has 0 saturated heterocycles. The topological polar surface area (TPSA) is 84.5 Å². The Bertz CT molecular complexity index is 563. The Balaban J connectivity index is 2.61. The van der Waals surface area contributed by atoms with Gasteiger partial charge in [0.25, 0.3) is 5.91 Å². The zero-order chi connectivity index (χ0) is 15.7. The Hall–Kier alpha value is -1.47. The van der Waals surface area contributed by atoms with Gasteiger partial charge in [-0.1, -0.05) is 6.07 Å². The van der Waals surface area contributed by atoms with Gasteiger partial charge in [-0.2, -0.15) is 0 Å². The second kappa shape index (κ2) is 8.74. The van der Waals surface area contributed by atoms with Crippen molar-refractivity contribution in [2.24, 2.45) is 0 Å². The van der Waals surface area contributed by atoms with E-state index in [1.54, 1.807) is 18.2 Å². The summed E-state index contributed by atoms with van der Waals surface area (Å²) in [5, 5.41) is 2.43. The van der Waals surface area contributed by atoms with Gasteiger partial charge in [-0.3, -0.25) is 9.52 Å². The third-order valence-corrected chi connectivity index (χ3v) is 4.19. The molecule has 0 aliphatic rings. The molecule has 1 aromatic rings. The van der Waals surface area contributed by atoms with Crippen molar-refractivity contribution >= 4 is 33.2 Å². The van der Waals surface area contributed by atoms with Crippen molar-refractivity contribution < 1.29 is 17.9 Å². The summed E-state index contributed by atoms with van der Waals surface area (Å²) in [6.07, 6.45) is 1.16. The molecule has 0 aromatic heterocycles. The van der Waals surface area contributed by atoms with Gasteiger partial charge in [-0.25, -0.2) is 8.42 Å². The van der Waals surface area contributed by atoms with Crippen molar-refractivity contribution in [2.45, 2.75) is 12.8 Å². The normalized spacial score (nSPS) is 11.0. The van der Waals surface area contributed by atoms with Crippen molar-refractivity contribution in [3.05, 3.63) is 24.3 Å².